The third kappa shape index (κ3) is 0.798. The van der Waals surface area contributed by atoms with Crippen molar-refractivity contribution in [2.24, 2.45) is 5.41 Å². The Balaban J connectivity index is 2.79. The van der Waals surface area contributed by atoms with Crippen LogP contribution in [0.4, 0.5) is 8.78 Å². The van der Waals surface area contributed by atoms with E-state index in [0.29, 0.717) is 0 Å². The minimum absolute atomic E-state index is 0.203. The van der Waals surface area contributed by atoms with E-state index in [2.05, 4.69) is 0 Å². The highest BCUT2D eigenvalue weighted by atomic mass is 19.2. The largest absolute Gasteiger partial charge is 0.481 e. The highest BCUT2D eigenvalue weighted by Gasteiger charge is 2.54. The van der Waals surface area contributed by atoms with Gasteiger partial charge in [0.15, 0.2) is 0 Å². The Kier molecular flexibility index (Phi) is 1.46. The Morgan fingerprint density at radius 3 is 2.20 bits per heavy atom. The van der Waals surface area contributed by atoms with Crippen molar-refractivity contribution < 1.29 is 18.7 Å². The molecule has 1 aliphatic carbocycles. The zero-order valence-electron chi connectivity index (χ0n) is 5.10. The highest BCUT2D eigenvalue weighted by Crippen LogP contribution is 2.52. The molecular formula is C6H6F2O2. The van der Waals surface area contributed by atoms with Gasteiger partial charge in [-0.1, -0.05) is 0 Å². The summed E-state index contributed by atoms with van der Waals surface area (Å²) in [5, 5.41) is 8.36. The molecule has 0 amide bonds. The van der Waals surface area contributed by atoms with E-state index in [4.69, 9.17) is 5.11 Å². The van der Waals surface area contributed by atoms with Crippen LogP contribution in [0.3, 0.4) is 0 Å². The third-order valence-corrected chi connectivity index (χ3v) is 1.71. The molecule has 1 rings (SSSR count). The molecule has 0 heterocycles. The molecule has 0 bridgehead atoms. The molecular weight excluding hydrogens is 142 g/mol. The van der Waals surface area contributed by atoms with Gasteiger partial charge in [0, 0.05) is 0 Å². The fraction of sp³-hybridized carbons (Fsp3) is 0.500. The molecule has 0 aromatic carbocycles. The second kappa shape index (κ2) is 2.04. The fourth-order valence-electron chi connectivity index (χ4n) is 0.784. The number of carbonyl (C=O) groups is 1. The number of hydrogen-bond donors (Lipinski definition) is 1. The lowest BCUT2D eigenvalue weighted by Gasteiger charge is -2.02. The summed E-state index contributed by atoms with van der Waals surface area (Å²) < 4.78 is 23.8. The van der Waals surface area contributed by atoms with Crippen molar-refractivity contribution in [3.05, 3.63) is 12.2 Å². The van der Waals surface area contributed by atoms with E-state index in [1.807, 2.05) is 0 Å². The molecule has 0 aromatic heterocycles. The zero-order chi connectivity index (χ0) is 7.78. The first-order valence-corrected chi connectivity index (χ1v) is 2.83. The molecule has 0 atom stereocenters. The average molecular weight is 148 g/mol. The SMILES string of the molecule is O=C(O)C1(/C(F)=C/F)CC1. The predicted octanol–water partition coefficient (Wildman–Crippen LogP) is 1.63. The van der Waals surface area contributed by atoms with Gasteiger partial charge in [-0.15, -0.1) is 0 Å². The molecule has 0 saturated heterocycles. The van der Waals surface area contributed by atoms with Gasteiger partial charge in [0.2, 0.25) is 0 Å². The zero-order valence-corrected chi connectivity index (χ0v) is 5.10. The second-order valence-corrected chi connectivity index (χ2v) is 2.34. The molecule has 0 radical (unpaired) electrons. The summed E-state index contributed by atoms with van der Waals surface area (Å²) >= 11 is 0. The predicted molar refractivity (Wildman–Crippen MR) is 29.6 cm³/mol. The fourth-order valence-corrected chi connectivity index (χ4v) is 0.784. The van der Waals surface area contributed by atoms with Crippen molar-refractivity contribution in [1.29, 1.82) is 0 Å². The number of carboxylic acids is 1. The molecule has 0 aliphatic heterocycles. The van der Waals surface area contributed by atoms with Crippen molar-refractivity contribution in [2.45, 2.75) is 12.8 Å². The molecule has 0 unspecified atom stereocenters. The Labute approximate surface area is 56.2 Å². The lowest BCUT2D eigenvalue weighted by atomic mass is 10.1. The minimum atomic E-state index is -1.51. The Hall–Kier alpha value is -0.930. The summed E-state index contributed by atoms with van der Waals surface area (Å²) in [6, 6.07) is 0. The van der Waals surface area contributed by atoms with Gasteiger partial charge in [-0.2, -0.15) is 0 Å². The summed E-state index contributed by atoms with van der Waals surface area (Å²) in [7, 11) is 0. The lowest BCUT2D eigenvalue weighted by molar-refractivity contribution is -0.142. The maximum atomic E-state index is 12.3. The lowest BCUT2D eigenvalue weighted by Crippen LogP contribution is -2.14. The van der Waals surface area contributed by atoms with Gasteiger partial charge in [-0.3, -0.25) is 4.79 Å². The summed E-state index contributed by atoms with van der Waals surface area (Å²) in [6.07, 6.45) is 0.129. The van der Waals surface area contributed by atoms with Gasteiger partial charge < -0.3 is 5.11 Å². The number of hydrogen-bond acceptors (Lipinski definition) is 1. The van der Waals surface area contributed by atoms with E-state index in [9.17, 15) is 13.6 Å². The molecule has 1 N–H and O–H groups in total. The van der Waals surface area contributed by atoms with Crippen LogP contribution in [0.5, 0.6) is 0 Å². The van der Waals surface area contributed by atoms with Crippen molar-refractivity contribution in [3.63, 3.8) is 0 Å². The van der Waals surface area contributed by atoms with Crippen molar-refractivity contribution in [2.75, 3.05) is 0 Å². The van der Waals surface area contributed by atoms with E-state index in [-0.39, 0.29) is 19.2 Å². The monoisotopic (exact) mass is 148 g/mol. The summed E-state index contributed by atoms with van der Waals surface area (Å²) in [5.74, 6) is -2.45. The minimum Gasteiger partial charge on any atom is -0.481 e. The normalized spacial score (nSPS) is 22.4. The molecule has 56 valence electrons. The highest BCUT2D eigenvalue weighted by molar-refractivity contribution is 5.81. The van der Waals surface area contributed by atoms with E-state index < -0.39 is 17.2 Å². The molecule has 10 heavy (non-hydrogen) atoms. The van der Waals surface area contributed by atoms with Gasteiger partial charge in [-0.05, 0) is 12.8 Å². The van der Waals surface area contributed by atoms with E-state index in [1.165, 1.54) is 0 Å². The van der Waals surface area contributed by atoms with Gasteiger partial charge in [0.1, 0.15) is 17.6 Å². The van der Waals surface area contributed by atoms with Gasteiger partial charge in [0.05, 0.1) is 0 Å². The molecule has 1 fully saturated rings. The van der Waals surface area contributed by atoms with Gasteiger partial charge in [0.25, 0.3) is 0 Å². The molecule has 1 saturated carbocycles. The van der Waals surface area contributed by atoms with Crippen LogP contribution in [0, 0.1) is 5.41 Å². The maximum absolute atomic E-state index is 12.3. The Morgan fingerprint density at radius 1 is 1.60 bits per heavy atom. The second-order valence-electron chi connectivity index (χ2n) is 2.34. The topological polar surface area (TPSA) is 37.3 Å². The first kappa shape index (κ1) is 7.18. The average Bonchev–Trinajstić information content (AvgIpc) is 2.65. The van der Waals surface area contributed by atoms with Gasteiger partial charge >= 0.3 is 5.97 Å². The molecule has 1 aliphatic rings. The van der Waals surface area contributed by atoms with Crippen molar-refractivity contribution >= 4 is 5.97 Å². The molecule has 4 heteroatoms. The van der Waals surface area contributed by atoms with Crippen LogP contribution in [-0.4, -0.2) is 11.1 Å². The van der Waals surface area contributed by atoms with Crippen LogP contribution < -0.4 is 0 Å². The third-order valence-electron chi connectivity index (χ3n) is 1.71. The standard InChI is InChI=1S/C6H6F2O2/c7-3-4(8)6(1-2-6)5(9)10/h3H,1-2H2,(H,9,10)/b4-3-. The first-order chi connectivity index (χ1) is 4.63. The maximum Gasteiger partial charge on any atom is 0.316 e. The van der Waals surface area contributed by atoms with Crippen LogP contribution in [0.1, 0.15) is 12.8 Å². The molecule has 0 aromatic rings. The van der Waals surface area contributed by atoms with E-state index in [1.54, 1.807) is 0 Å². The van der Waals surface area contributed by atoms with Crippen molar-refractivity contribution in [1.82, 2.24) is 0 Å². The Bertz CT molecular complexity index is 194. The molecule has 0 spiro atoms. The summed E-state index contributed by atoms with van der Waals surface area (Å²) in [6.45, 7) is 0. The van der Waals surface area contributed by atoms with E-state index in [0.717, 1.165) is 0 Å². The van der Waals surface area contributed by atoms with Crippen LogP contribution in [-0.2, 0) is 4.79 Å². The quantitative estimate of drug-likeness (QED) is 0.646. The number of rotatable bonds is 2. The first-order valence-electron chi connectivity index (χ1n) is 2.83. The summed E-state index contributed by atoms with van der Waals surface area (Å²) in [5.41, 5.74) is -1.51. The van der Waals surface area contributed by atoms with E-state index >= 15 is 0 Å². The number of aliphatic carboxylic acids is 1. The van der Waals surface area contributed by atoms with Crippen LogP contribution in [0.2, 0.25) is 0 Å². The van der Waals surface area contributed by atoms with Crippen molar-refractivity contribution in [3.8, 4) is 0 Å². The van der Waals surface area contributed by atoms with Crippen LogP contribution in [0.15, 0.2) is 12.2 Å². The van der Waals surface area contributed by atoms with Crippen LogP contribution in [0.25, 0.3) is 0 Å². The number of halogens is 2. The number of carboxylic acid groups (broad SMARTS) is 1. The Morgan fingerprint density at radius 2 is 2.10 bits per heavy atom. The summed E-state index contributed by atoms with van der Waals surface area (Å²) in [4.78, 5) is 10.2. The van der Waals surface area contributed by atoms with Gasteiger partial charge in [-0.25, -0.2) is 8.78 Å². The smallest absolute Gasteiger partial charge is 0.316 e. The molecule has 2 nitrogen and oxygen atoms in total. The van der Waals surface area contributed by atoms with Crippen LogP contribution >= 0.6 is 0 Å².